The summed E-state index contributed by atoms with van der Waals surface area (Å²) in [6.07, 6.45) is 4.57. The summed E-state index contributed by atoms with van der Waals surface area (Å²) < 4.78 is 5.73. The van der Waals surface area contributed by atoms with Crippen LogP contribution in [-0.2, 0) is 4.79 Å². The van der Waals surface area contributed by atoms with Gasteiger partial charge in [-0.25, -0.2) is 0 Å². The lowest BCUT2D eigenvalue weighted by atomic mass is 9.88. The van der Waals surface area contributed by atoms with E-state index in [2.05, 4.69) is 13.8 Å². The van der Waals surface area contributed by atoms with Crippen molar-refractivity contribution in [3.05, 3.63) is 65.7 Å². The fraction of sp³-hybridized carbons (Fsp3) is 0.464. The fourth-order valence-electron chi connectivity index (χ4n) is 5.19. The van der Waals surface area contributed by atoms with Crippen molar-refractivity contribution in [1.29, 1.82) is 0 Å². The van der Waals surface area contributed by atoms with E-state index in [9.17, 15) is 14.4 Å². The van der Waals surface area contributed by atoms with Crippen molar-refractivity contribution in [2.75, 3.05) is 19.7 Å². The molecule has 0 N–H and O–H groups in total. The Hall–Kier alpha value is -3.15. The van der Waals surface area contributed by atoms with Crippen LogP contribution in [0.1, 0.15) is 66.7 Å². The molecular weight excluding hydrogens is 428 g/mol. The van der Waals surface area contributed by atoms with Gasteiger partial charge in [-0.15, -0.1) is 0 Å². The number of rotatable bonds is 6. The summed E-state index contributed by atoms with van der Waals surface area (Å²) in [5.74, 6) is 0.675. The van der Waals surface area contributed by atoms with Gasteiger partial charge in [-0.3, -0.25) is 14.4 Å². The minimum absolute atomic E-state index is 0.00489. The molecule has 6 nitrogen and oxygen atoms in total. The number of amides is 2. The molecule has 0 saturated carbocycles. The SMILES string of the molecule is C[C@H]1CCC[C@H](C)N1C(=O)COc1ccc(C(=O)N2CCC(C(=O)c3ccccc3)CC2)cc1. The summed E-state index contributed by atoms with van der Waals surface area (Å²) in [7, 11) is 0. The van der Waals surface area contributed by atoms with Crippen molar-refractivity contribution < 1.29 is 19.1 Å². The van der Waals surface area contributed by atoms with Crippen molar-refractivity contribution in [3.8, 4) is 5.75 Å². The minimum Gasteiger partial charge on any atom is -0.484 e. The molecule has 2 aromatic carbocycles. The topological polar surface area (TPSA) is 66.9 Å². The molecule has 2 atom stereocenters. The van der Waals surface area contributed by atoms with E-state index in [1.54, 1.807) is 24.3 Å². The van der Waals surface area contributed by atoms with Crippen LogP contribution in [-0.4, -0.2) is 59.2 Å². The van der Waals surface area contributed by atoms with Crippen molar-refractivity contribution >= 4 is 17.6 Å². The largest absolute Gasteiger partial charge is 0.484 e. The predicted octanol–water partition coefficient (Wildman–Crippen LogP) is 4.59. The van der Waals surface area contributed by atoms with Gasteiger partial charge in [0.1, 0.15) is 5.75 Å². The van der Waals surface area contributed by atoms with E-state index >= 15 is 0 Å². The zero-order valence-corrected chi connectivity index (χ0v) is 20.1. The highest BCUT2D eigenvalue weighted by Gasteiger charge is 2.30. The Morgan fingerprint density at radius 2 is 1.44 bits per heavy atom. The third-order valence-corrected chi connectivity index (χ3v) is 7.16. The maximum absolute atomic E-state index is 12.9. The zero-order valence-electron chi connectivity index (χ0n) is 20.1. The highest BCUT2D eigenvalue weighted by Crippen LogP contribution is 2.25. The monoisotopic (exact) mass is 462 g/mol. The van der Waals surface area contributed by atoms with Gasteiger partial charge >= 0.3 is 0 Å². The molecule has 0 radical (unpaired) electrons. The molecule has 2 heterocycles. The number of Topliss-reactive ketones (excluding diaryl/α,β-unsaturated/α-hetero) is 1. The first kappa shape index (κ1) is 24.0. The van der Waals surface area contributed by atoms with E-state index in [1.165, 1.54) is 0 Å². The molecule has 0 spiro atoms. The standard InChI is InChI=1S/C28H34N2O4/c1-20-7-6-8-21(2)30(20)26(31)19-34-25-13-11-24(12-14-25)28(33)29-17-15-23(16-18-29)27(32)22-9-4-3-5-10-22/h3-5,9-14,20-21,23H,6-8,15-19H2,1-2H3/t20-,21-/m0/s1. The lowest BCUT2D eigenvalue weighted by Crippen LogP contribution is -2.49. The molecule has 2 aliphatic heterocycles. The van der Waals surface area contributed by atoms with Gasteiger partial charge in [0, 0.05) is 42.2 Å². The number of carbonyl (C=O) groups is 3. The number of benzene rings is 2. The number of carbonyl (C=O) groups excluding carboxylic acids is 3. The second-order valence-electron chi connectivity index (χ2n) is 9.54. The number of nitrogens with zero attached hydrogens (tertiary/aromatic N) is 2. The molecule has 0 unspecified atom stereocenters. The maximum Gasteiger partial charge on any atom is 0.260 e. The smallest absolute Gasteiger partial charge is 0.260 e. The number of ether oxygens (including phenoxy) is 1. The average molecular weight is 463 g/mol. The highest BCUT2D eigenvalue weighted by atomic mass is 16.5. The van der Waals surface area contributed by atoms with Crippen LogP contribution < -0.4 is 4.74 Å². The van der Waals surface area contributed by atoms with Gasteiger partial charge in [0.2, 0.25) is 0 Å². The Bertz CT molecular complexity index is 987. The zero-order chi connectivity index (χ0) is 24.1. The van der Waals surface area contributed by atoms with Gasteiger partial charge in [-0.05, 0) is 70.2 Å². The Morgan fingerprint density at radius 1 is 0.824 bits per heavy atom. The van der Waals surface area contributed by atoms with Crippen molar-refractivity contribution in [2.24, 2.45) is 5.92 Å². The van der Waals surface area contributed by atoms with Crippen molar-refractivity contribution in [2.45, 2.75) is 58.0 Å². The molecule has 2 fully saturated rings. The third-order valence-electron chi connectivity index (χ3n) is 7.16. The van der Waals surface area contributed by atoms with Gasteiger partial charge in [0.15, 0.2) is 12.4 Å². The summed E-state index contributed by atoms with van der Waals surface area (Å²) in [5, 5.41) is 0. The molecule has 2 aliphatic rings. The van der Waals surface area contributed by atoms with Crippen LogP contribution in [0, 0.1) is 5.92 Å². The van der Waals surface area contributed by atoms with Crippen LogP contribution in [0.15, 0.2) is 54.6 Å². The first-order valence-electron chi connectivity index (χ1n) is 12.4. The summed E-state index contributed by atoms with van der Waals surface area (Å²) >= 11 is 0. The lowest BCUT2D eigenvalue weighted by Gasteiger charge is -2.38. The van der Waals surface area contributed by atoms with Crippen LogP contribution >= 0.6 is 0 Å². The molecule has 180 valence electrons. The van der Waals surface area contributed by atoms with Crippen molar-refractivity contribution in [1.82, 2.24) is 9.80 Å². The summed E-state index contributed by atoms with van der Waals surface area (Å²) in [4.78, 5) is 42.0. The quantitative estimate of drug-likeness (QED) is 0.589. The van der Waals surface area contributed by atoms with Gasteiger partial charge in [0.05, 0.1) is 0 Å². The van der Waals surface area contributed by atoms with Crippen LogP contribution in [0.25, 0.3) is 0 Å². The number of hydrogen-bond donors (Lipinski definition) is 0. The van der Waals surface area contributed by atoms with Gasteiger partial charge in [0.25, 0.3) is 11.8 Å². The molecule has 4 rings (SSSR count). The van der Waals surface area contributed by atoms with E-state index in [0.29, 0.717) is 37.2 Å². The lowest BCUT2D eigenvalue weighted by molar-refractivity contribution is -0.139. The van der Waals surface area contributed by atoms with E-state index in [4.69, 9.17) is 4.74 Å². The second-order valence-corrected chi connectivity index (χ2v) is 9.54. The van der Waals surface area contributed by atoms with Crippen LogP contribution in [0.5, 0.6) is 5.75 Å². The molecule has 2 saturated heterocycles. The van der Waals surface area contributed by atoms with Gasteiger partial charge in [-0.2, -0.15) is 0 Å². The van der Waals surface area contributed by atoms with E-state index in [-0.39, 0.29) is 42.2 Å². The molecule has 2 amide bonds. The first-order valence-corrected chi connectivity index (χ1v) is 12.4. The Morgan fingerprint density at radius 3 is 2.06 bits per heavy atom. The van der Waals surface area contributed by atoms with Crippen LogP contribution in [0.3, 0.4) is 0 Å². The molecule has 34 heavy (non-hydrogen) atoms. The Balaban J connectivity index is 1.27. The Kier molecular flexibility index (Phi) is 7.66. The molecule has 0 bridgehead atoms. The minimum atomic E-state index is -0.0378. The summed E-state index contributed by atoms with van der Waals surface area (Å²) in [5.41, 5.74) is 1.33. The second kappa shape index (κ2) is 10.9. The number of likely N-dealkylation sites (tertiary alicyclic amines) is 2. The number of hydrogen-bond acceptors (Lipinski definition) is 4. The molecule has 0 aromatic heterocycles. The molecule has 0 aliphatic carbocycles. The molecule has 2 aromatic rings. The van der Waals surface area contributed by atoms with E-state index < -0.39 is 0 Å². The van der Waals surface area contributed by atoms with Gasteiger partial charge in [-0.1, -0.05) is 30.3 Å². The highest BCUT2D eigenvalue weighted by molar-refractivity contribution is 5.98. The van der Waals surface area contributed by atoms with E-state index in [0.717, 1.165) is 24.8 Å². The first-order chi connectivity index (χ1) is 16.4. The number of piperidine rings is 2. The third kappa shape index (κ3) is 5.49. The van der Waals surface area contributed by atoms with Crippen LogP contribution in [0.4, 0.5) is 0 Å². The Labute approximate surface area is 201 Å². The predicted molar refractivity (Wildman–Crippen MR) is 131 cm³/mol. The van der Waals surface area contributed by atoms with Gasteiger partial charge < -0.3 is 14.5 Å². The normalized spacial score (nSPS) is 21.2. The van der Waals surface area contributed by atoms with Crippen LogP contribution in [0.2, 0.25) is 0 Å². The maximum atomic E-state index is 12.9. The molecular formula is C28H34N2O4. The van der Waals surface area contributed by atoms with Crippen molar-refractivity contribution in [3.63, 3.8) is 0 Å². The summed E-state index contributed by atoms with van der Waals surface area (Å²) in [6.45, 7) is 5.33. The fourth-order valence-corrected chi connectivity index (χ4v) is 5.19. The molecule has 6 heteroatoms. The summed E-state index contributed by atoms with van der Waals surface area (Å²) in [6, 6.07) is 16.8. The van der Waals surface area contributed by atoms with E-state index in [1.807, 2.05) is 40.1 Å². The average Bonchev–Trinajstić information content (AvgIpc) is 2.87. The number of ketones is 1.